The van der Waals surface area contributed by atoms with E-state index >= 15 is 0 Å². The van der Waals surface area contributed by atoms with Crippen LogP contribution in [0.1, 0.15) is 20.3 Å². The van der Waals surface area contributed by atoms with Crippen LogP contribution in [0.2, 0.25) is 0 Å². The minimum Gasteiger partial charge on any atom is -0.481 e. The standard InChI is InChI=1S/C19H26N4O5/c1-13(24)20-16-4-3-5-17(11-16)21-18(26)10-15(19(27)28)12-22-6-8-23(9-7-22)14(2)25/h3-5,11,15H,6-10,12H2,1-2H3,(H,20,24)(H,21,26)(H,27,28)/t15-/m0/s1. The zero-order valence-corrected chi connectivity index (χ0v) is 16.1. The van der Waals surface area contributed by atoms with Gasteiger partial charge in [-0.15, -0.1) is 0 Å². The second-order valence-electron chi connectivity index (χ2n) is 6.86. The Bertz CT molecular complexity index is 744. The summed E-state index contributed by atoms with van der Waals surface area (Å²) >= 11 is 0. The van der Waals surface area contributed by atoms with Gasteiger partial charge in [-0.25, -0.2) is 0 Å². The average molecular weight is 390 g/mol. The summed E-state index contributed by atoms with van der Waals surface area (Å²) in [6, 6.07) is 6.65. The maximum Gasteiger partial charge on any atom is 0.308 e. The van der Waals surface area contributed by atoms with E-state index in [0.717, 1.165) is 0 Å². The van der Waals surface area contributed by atoms with E-state index in [2.05, 4.69) is 10.6 Å². The smallest absolute Gasteiger partial charge is 0.308 e. The number of hydrogen-bond donors (Lipinski definition) is 3. The Morgan fingerprint density at radius 2 is 1.64 bits per heavy atom. The van der Waals surface area contributed by atoms with Crippen molar-refractivity contribution in [3.8, 4) is 0 Å². The van der Waals surface area contributed by atoms with Crippen LogP contribution in [-0.2, 0) is 19.2 Å². The zero-order valence-electron chi connectivity index (χ0n) is 16.1. The van der Waals surface area contributed by atoms with Crippen molar-refractivity contribution in [3.05, 3.63) is 24.3 Å². The number of hydrogen-bond acceptors (Lipinski definition) is 5. The number of carboxylic acids is 1. The molecule has 1 atom stereocenters. The molecule has 0 aromatic heterocycles. The molecule has 0 unspecified atom stereocenters. The number of amides is 3. The second kappa shape index (κ2) is 9.84. The van der Waals surface area contributed by atoms with Crippen molar-refractivity contribution in [2.24, 2.45) is 5.92 Å². The Morgan fingerprint density at radius 3 is 2.18 bits per heavy atom. The van der Waals surface area contributed by atoms with Crippen molar-refractivity contribution in [1.82, 2.24) is 9.80 Å². The third-order valence-corrected chi connectivity index (χ3v) is 4.54. The minimum absolute atomic E-state index is 0.00954. The van der Waals surface area contributed by atoms with Crippen LogP contribution in [0.4, 0.5) is 11.4 Å². The van der Waals surface area contributed by atoms with E-state index in [4.69, 9.17) is 0 Å². The number of aliphatic carboxylic acids is 1. The summed E-state index contributed by atoms with van der Waals surface area (Å²) in [5.74, 6) is -2.50. The Hall–Kier alpha value is -2.94. The first-order chi connectivity index (χ1) is 13.2. The van der Waals surface area contributed by atoms with Gasteiger partial charge in [0, 0.05) is 64.4 Å². The third-order valence-electron chi connectivity index (χ3n) is 4.54. The van der Waals surface area contributed by atoms with Gasteiger partial charge in [0.2, 0.25) is 17.7 Å². The largest absolute Gasteiger partial charge is 0.481 e. The Kier molecular flexibility index (Phi) is 7.51. The van der Waals surface area contributed by atoms with Gasteiger partial charge in [-0.2, -0.15) is 0 Å². The van der Waals surface area contributed by atoms with E-state index in [1.54, 1.807) is 29.2 Å². The lowest BCUT2D eigenvalue weighted by Gasteiger charge is -2.35. The SMILES string of the molecule is CC(=O)Nc1cccc(NC(=O)C[C@@H](CN2CCN(C(C)=O)CC2)C(=O)O)c1. The second-order valence-corrected chi connectivity index (χ2v) is 6.86. The summed E-state index contributed by atoms with van der Waals surface area (Å²) in [4.78, 5) is 50.1. The van der Waals surface area contributed by atoms with Crippen LogP contribution in [0.25, 0.3) is 0 Å². The molecular formula is C19H26N4O5. The Labute approximate surface area is 163 Å². The van der Waals surface area contributed by atoms with E-state index in [9.17, 15) is 24.3 Å². The first kappa shape index (κ1) is 21.4. The van der Waals surface area contributed by atoms with Crippen molar-refractivity contribution in [1.29, 1.82) is 0 Å². The highest BCUT2D eigenvalue weighted by molar-refractivity contribution is 5.94. The predicted molar refractivity (Wildman–Crippen MR) is 104 cm³/mol. The molecule has 0 spiro atoms. The number of piperazine rings is 1. The molecular weight excluding hydrogens is 364 g/mol. The first-order valence-corrected chi connectivity index (χ1v) is 9.12. The minimum atomic E-state index is -1.03. The van der Waals surface area contributed by atoms with Crippen molar-refractivity contribution in [2.45, 2.75) is 20.3 Å². The van der Waals surface area contributed by atoms with E-state index in [-0.39, 0.29) is 24.8 Å². The number of nitrogens with zero attached hydrogens (tertiary/aromatic N) is 2. The summed E-state index contributed by atoms with van der Waals surface area (Å²) in [5.41, 5.74) is 1.03. The lowest BCUT2D eigenvalue weighted by Crippen LogP contribution is -2.50. The van der Waals surface area contributed by atoms with E-state index in [0.29, 0.717) is 37.6 Å². The molecule has 152 valence electrons. The van der Waals surface area contributed by atoms with Gasteiger partial charge < -0.3 is 20.6 Å². The number of nitrogens with one attached hydrogen (secondary N) is 2. The monoisotopic (exact) mass is 390 g/mol. The zero-order chi connectivity index (χ0) is 20.7. The molecule has 1 saturated heterocycles. The maximum absolute atomic E-state index is 12.3. The molecule has 0 bridgehead atoms. The number of rotatable bonds is 7. The van der Waals surface area contributed by atoms with E-state index < -0.39 is 17.8 Å². The highest BCUT2D eigenvalue weighted by Gasteiger charge is 2.27. The van der Waals surface area contributed by atoms with Gasteiger partial charge in [0.25, 0.3) is 0 Å². The van der Waals surface area contributed by atoms with Crippen LogP contribution in [-0.4, -0.2) is 71.3 Å². The molecule has 1 heterocycles. The van der Waals surface area contributed by atoms with Crippen LogP contribution in [0, 0.1) is 5.92 Å². The van der Waals surface area contributed by atoms with Gasteiger partial charge in [-0.1, -0.05) is 6.07 Å². The summed E-state index contributed by atoms with van der Waals surface area (Å²) < 4.78 is 0. The fourth-order valence-corrected chi connectivity index (χ4v) is 3.10. The predicted octanol–water partition coefficient (Wildman–Crippen LogP) is 0.839. The van der Waals surface area contributed by atoms with Gasteiger partial charge in [-0.05, 0) is 18.2 Å². The fourth-order valence-electron chi connectivity index (χ4n) is 3.10. The fraction of sp³-hybridized carbons (Fsp3) is 0.474. The number of carbonyl (C=O) groups is 4. The van der Waals surface area contributed by atoms with Gasteiger partial charge in [0.05, 0.1) is 5.92 Å². The van der Waals surface area contributed by atoms with Gasteiger partial charge >= 0.3 is 5.97 Å². The van der Waals surface area contributed by atoms with Crippen LogP contribution >= 0.6 is 0 Å². The molecule has 1 aliphatic rings. The number of carbonyl (C=O) groups excluding carboxylic acids is 3. The quantitative estimate of drug-likeness (QED) is 0.635. The Morgan fingerprint density at radius 1 is 1.04 bits per heavy atom. The van der Waals surface area contributed by atoms with Crippen molar-refractivity contribution in [3.63, 3.8) is 0 Å². The van der Waals surface area contributed by atoms with Crippen molar-refractivity contribution in [2.75, 3.05) is 43.4 Å². The van der Waals surface area contributed by atoms with Crippen LogP contribution < -0.4 is 10.6 Å². The first-order valence-electron chi connectivity index (χ1n) is 9.12. The lowest BCUT2D eigenvalue weighted by atomic mass is 10.0. The number of anilines is 2. The number of carboxylic acid groups (broad SMARTS) is 1. The molecule has 0 saturated carbocycles. The molecule has 0 aliphatic carbocycles. The molecule has 28 heavy (non-hydrogen) atoms. The molecule has 3 amide bonds. The molecule has 2 rings (SSSR count). The van der Waals surface area contributed by atoms with Crippen LogP contribution in [0.5, 0.6) is 0 Å². The van der Waals surface area contributed by atoms with Crippen LogP contribution in [0.3, 0.4) is 0 Å². The van der Waals surface area contributed by atoms with Crippen LogP contribution in [0.15, 0.2) is 24.3 Å². The third kappa shape index (κ3) is 6.66. The maximum atomic E-state index is 12.3. The normalized spacial score (nSPS) is 15.6. The molecule has 1 aromatic rings. The molecule has 1 aliphatic heterocycles. The van der Waals surface area contributed by atoms with Crippen molar-refractivity contribution < 1.29 is 24.3 Å². The Balaban J connectivity index is 1.90. The summed E-state index contributed by atoms with van der Waals surface area (Å²) in [6.07, 6.45) is -0.160. The van der Waals surface area contributed by atoms with Gasteiger partial charge in [0.1, 0.15) is 0 Å². The number of benzene rings is 1. The summed E-state index contributed by atoms with van der Waals surface area (Å²) in [5, 5.41) is 14.8. The molecule has 9 nitrogen and oxygen atoms in total. The molecule has 0 radical (unpaired) electrons. The highest BCUT2D eigenvalue weighted by Crippen LogP contribution is 2.17. The molecule has 1 aromatic carbocycles. The molecule has 1 fully saturated rings. The molecule has 3 N–H and O–H groups in total. The summed E-state index contributed by atoms with van der Waals surface area (Å²) in [6.45, 7) is 5.45. The van der Waals surface area contributed by atoms with Gasteiger partial charge in [-0.3, -0.25) is 24.1 Å². The highest BCUT2D eigenvalue weighted by atomic mass is 16.4. The van der Waals surface area contributed by atoms with E-state index in [1.807, 2.05) is 4.90 Å². The van der Waals surface area contributed by atoms with Crippen molar-refractivity contribution >= 4 is 35.1 Å². The van der Waals surface area contributed by atoms with Gasteiger partial charge in [0.15, 0.2) is 0 Å². The van der Waals surface area contributed by atoms with E-state index in [1.165, 1.54) is 13.8 Å². The topological polar surface area (TPSA) is 119 Å². The lowest BCUT2D eigenvalue weighted by molar-refractivity contribution is -0.144. The summed E-state index contributed by atoms with van der Waals surface area (Å²) in [7, 11) is 0. The molecule has 9 heteroatoms. The average Bonchev–Trinajstić information content (AvgIpc) is 2.61.